The molecule has 1 aromatic heterocycles. The van der Waals surface area contributed by atoms with Crippen LogP contribution in [0, 0.1) is 0 Å². The number of benzene rings is 2. The van der Waals surface area contributed by atoms with Crippen molar-refractivity contribution in [3.05, 3.63) is 65.5 Å². The van der Waals surface area contributed by atoms with Crippen LogP contribution in [0.2, 0.25) is 0 Å². The predicted molar refractivity (Wildman–Crippen MR) is 84.7 cm³/mol. The highest BCUT2D eigenvalue weighted by atomic mass is 32.1. The van der Waals surface area contributed by atoms with E-state index in [-0.39, 0.29) is 0 Å². The van der Waals surface area contributed by atoms with Gasteiger partial charge in [0.25, 0.3) is 0 Å². The fraction of sp³-hybridized carbons (Fsp3) is 0.118. The molecule has 98 valence electrons. The van der Waals surface area contributed by atoms with Crippen molar-refractivity contribution in [2.45, 2.75) is 6.42 Å². The second-order valence-electron chi connectivity index (χ2n) is 4.91. The summed E-state index contributed by atoms with van der Waals surface area (Å²) in [5, 5.41) is 3.24. The van der Waals surface area contributed by atoms with Gasteiger partial charge in [0.05, 0.1) is 5.69 Å². The Hall–Kier alpha value is -2.13. The van der Waals surface area contributed by atoms with Crippen molar-refractivity contribution in [3.63, 3.8) is 0 Å². The molecule has 1 aliphatic rings. The van der Waals surface area contributed by atoms with Gasteiger partial charge in [0.1, 0.15) is 0 Å². The summed E-state index contributed by atoms with van der Waals surface area (Å²) >= 11 is 1.72. The highest BCUT2D eigenvalue weighted by Gasteiger charge is 2.22. The minimum atomic E-state index is 1.03. The number of anilines is 2. The van der Waals surface area contributed by atoms with Gasteiger partial charge in [-0.15, -0.1) is 11.3 Å². The third-order valence-electron chi connectivity index (χ3n) is 3.68. The zero-order chi connectivity index (χ0) is 13.4. The lowest BCUT2D eigenvalue weighted by molar-refractivity contribution is 0.991. The molecular weight excluding hydrogens is 264 g/mol. The molecule has 0 spiro atoms. The van der Waals surface area contributed by atoms with E-state index in [1.54, 1.807) is 11.3 Å². The SMILES string of the molecule is c1ccc(-c2csc(N3CCc4ccccc43)n2)cc1. The molecule has 0 N–H and O–H groups in total. The smallest absolute Gasteiger partial charge is 0.190 e. The number of hydrogen-bond donors (Lipinski definition) is 0. The molecule has 2 nitrogen and oxygen atoms in total. The van der Waals surface area contributed by atoms with Crippen molar-refractivity contribution in [3.8, 4) is 11.3 Å². The summed E-state index contributed by atoms with van der Waals surface area (Å²) in [7, 11) is 0. The molecule has 0 saturated carbocycles. The Morgan fingerprint density at radius 2 is 1.75 bits per heavy atom. The van der Waals surface area contributed by atoms with Crippen LogP contribution < -0.4 is 4.90 Å². The molecule has 3 heteroatoms. The van der Waals surface area contributed by atoms with E-state index in [1.165, 1.54) is 16.8 Å². The van der Waals surface area contributed by atoms with Crippen LogP contribution in [0.4, 0.5) is 10.8 Å². The van der Waals surface area contributed by atoms with Crippen molar-refractivity contribution in [2.75, 3.05) is 11.4 Å². The van der Waals surface area contributed by atoms with Crippen LogP contribution in [0.3, 0.4) is 0 Å². The van der Waals surface area contributed by atoms with Gasteiger partial charge in [-0.1, -0.05) is 48.5 Å². The Bertz CT molecular complexity index is 734. The molecule has 0 amide bonds. The van der Waals surface area contributed by atoms with Crippen LogP contribution in [-0.2, 0) is 6.42 Å². The fourth-order valence-corrected chi connectivity index (χ4v) is 3.54. The Morgan fingerprint density at radius 1 is 0.950 bits per heavy atom. The number of para-hydroxylation sites is 1. The third kappa shape index (κ3) is 1.91. The maximum Gasteiger partial charge on any atom is 0.190 e. The number of thiazole rings is 1. The van der Waals surface area contributed by atoms with Crippen molar-refractivity contribution in [1.29, 1.82) is 0 Å². The molecular formula is C17H14N2S. The Morgan fingerprint density at radius 3 is 2.65 bits per heavy atom. The van der Waals surface area contributed by atoms with E-state index in [9.17, 15) is 0 Å². The first-order valence-corrected chi connectivity index (χ1v) is 7.66. The van der Waals surface area contributed by atoms with Crippen LogP contribution >= 0.6 is 11.3 Å². The summed E-state index contributed by atoms with van der Waals surface area (Å²) in [6.07, 6.45) is 1.11. The van der Waals surface area contributed by atoms with Crippen molar-refractivity contribution < 1.29 is 0 Å². The predicted octanol–water partition coefficient (Wildman–Crippen LogP) is 4.50. The highest BCUT2D eigenvalue weighted by molar-refractivity contribution is 7.14. The molecule has 3 aromatic rings. The largest absolute Gasteiger partial charge is 0.317 e. The topological polar surface area (TPSA) is 16.1 Å². The average Bonchev–Trinajstić information content (AvgIpc) is 3.14. The van der Waals surface area contributed by atoms with E-state index in [1.807, 2.05) is 6.07 Å². The van der Waals surface area contributed by atoms with E-state index >= 15 is 0 Å². The molecule has 0 atom stereocenters. The van der Waals surface area contributed by atoms with Crippen molar-refractivity contribution >= 4 is 22.2 Å². The second kappa shape index (κ2) is 4.76. The minimum Gasteiger partial charge on any atom is -0.317 e. The maximum atomic E-state index is 4.81. The first kappa shape index (κ1) is 11.7. The second-order valence-corrected chi connectivity index (χ2v) is 5.75. The van der Waals surface area contributed by atoms with Crippen LogP contribution in [-0.4, -0.2) is 11.5 Å². The number of hydrogen-bond acceptors (Lipinski definition) is 3. The zero-order valence-electron chi connectivity index (χ0n) is 11.0. The molecule has 0 unspecified atom stereocenters. The molecule has 4 rings (SSSR count). The van der Waals surface area contributed by atoms with Gasteiger partial charge in [-0.25, -0.2) is 4.98 Å². The molecule has 1 aliphatic heterocycles. The lowest BCUT2D eigenvalue weighted by Gasteiger charge is -2.15. The summed E-state index contributed by atoms with van der Waals surface area (Å²) in [5.41, 5.74) is 4.97. The molecule has 2 heterocycles. The van der Waals surface area contributed by atoms with Gasteiger partial charge in [0, 0.05) is 23.2 Å². The van der Waals surface area contributed by atoms with E-state index in [2.05, 4.69) is 58.8 Å². The average molecular weight is 278 g/mol. The number of nitrogens with zero attached hydrogens (tertiary/aromatic N) is 2. The number of fused-ring (bicyclic) bond motifs is 1. The third-order valence-corrected chi connectivity index (χ3v) is 4.54. The summed E-state index contributed by atoms with van der Waals surface area (Å²) in [4.78, 5) is 7.13. The standard InChI is InChI=1S/C17H14N2S/c1-2-6-13(7-3-1)15-12-20-17(18-15)19-11-10-14-8-4-5-9-16(14)19/h1-9,12H,10-11H2. The van der Waals surface area contributed by atoms with Gasteiger partial charge < -0.3 is 4.90 Å². The monoisotopic (exact) mass is 278 g/mol. The van der Waals surface area contributed by atoms with Gasteiger partial charge in [-0.05, 0) is 18.1 Å². The van der Waals surface area contributed by atoms with E-state index in [0.717, 1.165) is 23.8 Å². The van der Waals surface area contributed by atoms with Gasteiger partial charge in [-0.3, -0.25) is 0 Å². The first-order chi connectivity index (χ1) is 9.92. The van der Waals surface area contributed by atoms with Crippen molar-refractivity contribution in [1.82, 2.24) is 4.98 Å². The Kier molecular flexibility index (Phi) is 2.78. The normalized spacial score (nSPS) is 13.5. The van der Waals surface area contributed by atoms with Gasteiger partial charge in [0.15, 0.2) is 5.13 Å². The minimum absolute atomic E-state index is 1.03. The van der Waals surface area contributed by atoms with Crippen LogP contribution in [0.15, 0.2) is 60.0 Å². The van der Waals surface area contributed by atoms with Crippen molar-refractivity contribution in [2.24, 2.45) is 0 Å². The molecule has 2 aromatic carbocycles. The van der Waals surface area contributed by atoms with E-state index in [4.69, 9.17) is 4.98 Å². The van der Waals surface area contributed by atoms with Crippen LogP contribution in [0.25, 0.3) is 11.3 Å². The van der Waals surface area contributed by atoms with Crippen LogP contribution in [0.1, 0.15) is 5.56 Å². The quantitative estimate of drug-likeness (QED) is 0.686. The Labute approximate surface area is 122 Å². The van der Waals surface area contributed by atoms with Gasteiger partial charge in [-0.2, -0.15) is 0 Å². The van der Waals surface area contributed by atoms with Crippen LogP contribution in [0.5, 0.6) is 0 Å². The molecule has 20 heavy (non-hydrogen) atoms. The summed E-state index contributed by atoms with van der Waals surface area (Å²) in [5.74, 6) is 0. The fourth-order valence-electron chi connectivity index (χ4n) is 2.67. The van der Waals surface area contributed by atoms with E-state index in [0.29, 0.717) is 0 Å². The zero-order valence-corrected chi connectivity index (χ0v) is 11.8. The van der Waals surface area contributed by atoms with Gasteiger partial charge >= 0.3 is 0 Å². The molecule has 0 saturated heterocycles. The molecule has 0 bridgehead atoms. The van der Waals surface area contributed by atoms with E-state index < -0.39 is 0 Å². The summed E-state index contributed by atoms with van der Waals surface area (Å²) in [6.45, 7) is 1.03. The highest BCUT2D eigenvalue weighted by Crippen LogP contribution is 2.37. The summed E-state index contributed by atoms with van der Waals surface area (Å²) < 4.78 is 0. The summed E-state index contributed by atoms with van der Waals surface area (Å²) in [6, 6.07) is 19.0. The maximum absolute atomic E-state index is 4.81. The molecule has 0 radical (unpaired) electrons. The Balaban J connectivity index is 1.70. The molecule has 0 aliphatic carbocycles. The first-order valence-electron chi connectivity index (χ1n) is 6.78. The molecule has 0 fully saturated rings. The lowest BCUT2D eigenvalue weighted by atomic mass is 10.2. The lowest BCUT2D eigenvalue weighted by Crippen LogP contribution is -2.12. The number of aromatic nitrogens is 1. The number of rotatable bonds is 2. The van der Waals surface area contributed by atoms with Gasteiger partial charge in [0.2, 0.25) is 0 Å².